The van der Waals surface area contributed by atoms with Crippen LogP contribution in [0.4, 0.5) is 0 Å². The average molecular weight is 424 g/mol. The molecule has 158 valence electrons. The van der Waals surface area contributed by atoms with Crippen molar-refractivity contribution in [2.24, 2.45) is 0 Å². The van der Waals surface area contributed by atoms with Crippen molar-refractivity contribution in [1.29, 1.82) is 0 Å². The maximum absolute atomic E-state index is 12.8. The molecule has 0 atom stereocenters. The second-order valence-corrected chi connectivity index (χ2v) is 8.25. The van der Waals surface area contributed by atoms with Gasteiger partial charge in [0.25, 0.3) is 5.56 Å². The molecule has 0 amide bonds. The third kappa shape index (κ3) is 5.64. The lowest BCUT2D eigenvalue weighted by molar-refractivity contribution is 0.378. The second-order valence-electron chi connectivity index (χ2n) is 7.86. The molecule has 0 unspecified atom stereocenters. The number of aromatic amines is 1. The number of rotatable bonds is 7. The minimum atomic E-state index is -0.0899. The normalized spacial score (nSPS) is 11.1. The first kappa shape index (κ1) is 21.9. The molecule has 0 aliphatic carbocycles. The first-order valence-electron chi connectivity index (χ1n) is 10.0. The lowest BCUT2D eigenvalue weighted by Crippen LogP contribution is -2.42. The van der Waals surface area contributed by atoms with Crippen molar-refractivity contribution in [2.75, 3.05) is 27.2 Å². The number of fused-ring (bicyclic) bond motifs is 1. The number of benzene rings is 1. The zero-order valence-corrected chi connectivity index (χ0v) is 18.8. The summed E-state index contributed by atoms with van der Waals surface area (Å²) in [4.78, 5) is 24.3. The summed E-state index contributed by atoms with van der Waals surface area (Å²) in [7, 11) is 4.05. The Bertz CT molecular complexity index is 1080. The molecule has 0 fully saturated rings. The Balaban J connectivity index is 1.87. The standard InChI is InChI=1S/C23H29N5OS/c1-16-11-18-13-19(22(29)26-21(18)12-17(16)2)14-28(15-20-7-5-6-8-24-20)23(30)25-9-10-27(3)4/h5-8,11-13H,9-10,14-15H2,1-4H3,(H,25,30)(H,26,29). The highest BCUT2D eigenvalue weighted by Crippen LogP contribution is 2.18. The van der Waals surface area contributed by atoms with Gasteiger partial charge >= 0.3 is 0 Å². The molecule has 2 N–H and O–H groups in total. The van der Waals surface area contributed by atoms with Crippen LogP contribution in [-0.4, -0.2) is 52.1 Å². The Morgan fingerprint density at radius 3 is 2.60 bits per heavy atom. The number of hydrogen-bond acceptors (Lipinski definition) is 4. The molecule has 6 nitrogen and oxygen atoms in total. The van der Waals surface area contributed by atoms with E-state index in [1.54, 1.807) is 6.20 Å². The molecule has 1 aromatic carbocycles. The number of aromatic nitrogens is 2. The lowest BCUT2D eigenvalue weighted by atomic mass is 10.0. The predicted octanol–water partition coefficient (Wildman–Crippen LogP) is 2.98. The molecule has 3 aromatic rings. The molecule has 0 spiro atoms. The predicted molar refractivity (Wildman–Crippen MR) is 127 cm³/mol. The molecule has 0 aliphatic rings. The van der Waals surface area contributed by atoms with Gasteiger partial charge in [0.05, 0.1) is 18.8 Å². The lowest BCUT2D eigenvalue weighted by Gasteiger charge is -2.26. The molecule has 2 aromatic heterocycles. The SMILES string of the molecule is Cc1cc2cc(CN(Cc3ccccn3)C(=S)NCCN(C)C)c(=O)[nH]c2cc1C. The van der Waals surface area contributed by atoms with E-state index in [1.807, 2.05) is 56.3 Å². The quantitative estimate of drug-likeness (QED) is 0.570. The summed E-state index contributed by atoms with van der Waals surface area (Å²) < 4.78 is 0. The highest BCUT2D eigenvalue weighted by molar-refractivity contribution is 7.80. The molecular formula is C23H29N5OS. The van der Waals surface area contributed by atoms with Gasteiger partial charge in [-0.3, -0.25) is 9.78 Å². The Labute approximate surface area is 182 Å². The largest absolute Gasteiger partial charge is 0.361 e. The van der Waals surface area contributed by atoms with E-state index in [1.165, 1.54) is 5.56 Å². The third-order valence-corrected chi connectivity index (χ3v) is 5.50. The van der Waals surface area contributed by atoms with Gasteiger partial charge < -0.3 is 20.1 Å². The number of H-pyrrole nitrogens is 1. The van der Waals surface area contributed by atoms with Crippen molar-refractivity contribution in [1.82, 2.24) is 25.1 Å². The van der Waals surface area contributed by atoms with E-state index < -0.39 is 0 Å². The average Bonchev–Trinajstić information content (AvgIpc) is 2.70. The first-order chi connectivity index (χ1) is 14.3. The first-order valence-corrected chi connectivity index (χ1v) is 10.4. The minimum absolute atomic E-state index is 0.0899. The highest BCUT2D eigenvalue weighted by atomic mass is 32.1. The summed E-state index contributed by atoms with van der Waals surface area (Å²) in [5, 5.41) is 4.94. The summed E-state index contributed by atoms with van der Waals surface area (Å²) in [5.41, 5.74) is 4.71. The fraction of sp³-hybridized carbons (Fsp3) is 0.348. The summed E-state index contributed by atoms with van der Waals surface area (Å²) in [5.74, 6) is 0. The van der Waals surface area contributed by atoms with Gasteiger partial charge in [0, 0.05) is 30.4 Å². The zero-order valence-electron chi connectivity index (χ0n) is 18.0. The topological polar surface area (TPSA) is 64.3 Å². The van der Waals surface area contributed by atoms with E-state index in [-0.39, 0.29) is 5.56 Å². The van der Waals surface area contributed by atoms with Crippen LogP contribution < -0.4 is 10.9 Å². The van der Waals surface area contributed by atoms with Crippen LogP contribution in [0, 0.1) is 13.8 Å². The van der Waals surface area contributed by atoms with Crippen molar-refractivity contribution in [2.45, 2.75) is 26.9 Å². The number of hydrogen-bond donors (Lipinski definition) is 2. The van der Waals surface area contributed by atoms with E-state index in [9.17, 15) is 4.79 Å². The van der Waals surface area contributed by atoms with Gasteiger partial charge in [-0.15, -0.1) is 0 Å². The van der Waals surface area contributed by atoms with Crippen LogP contribution in [0.25, 0.3) is 10.9 Å². The fourth-order valence-electron chi connectivity index (χ4n) is 3.23. The molecule has 0 saturated heterocycles. The van der Waals surface area contributed by atoms with Crippen LogP contribution in [0.15, 0.2) is 47.4 Å². The van der Waals surface area contributed by atoms with Crippen molar-refractivity contribution in [3.8, 4) is 0 Å². The Morgan fingerprint density at radius 2 is 1.90 bits per heavy atom. The Hall–Kier alpha value is -2.77. The van der Waals surface area contributed by atoms with Gasteiger partial charge in [-0.2, -0.15) is 0 Å². The molecule has 0 radical (unpaired) electrons. The summed E-state index contributed by atoms with van der Waals surface area (Å²) >= 11 is 5.66. The fourth-order valence-corrected chi connectivity index (χ4v) is 3.46. The molecule has 3 rings (SSSR count). The Morgan fingerprint density at radius 1 is 1.13 bits per heavy atom. The summed E-state index contributed by atoms with van der Waals surface area (Å²) in [6, 6.07) is 11.9. The Kier molecular flexibility index (Phi) is 7.18. The molecule has 0 aliphatic heterocycles. The summed E-state index contributed by atoms with van der Waals surface area (Å²) in [6.45, 7) is 6.66. The highest BCUT2D eigenvalue weighted by Gasteiger charge is 2.15. The van der Waals surface area contributed by atoms with Gasteiger partial charge in [0.2, 0.25) is 0 Å². The van der Waals surface area contributed by atoms with Crippen LogP contribution in [0.3, 0.4) is 0 Å². The van der Waals surface area contributed by atoms with Crippen molar-refractivity contribution in [3.05, 3.63) is 75.3 Å². The van der Waals surface area contributed by atoms with Gasteiger partial charge in [-0.05, 0) is 87.0 Å². The number of thiocarbonyl (C=S) groups is 1. The van der Waals surface area contributed by atoms with E-state index in [0.717, 1.165) is 35.2 Å². The van der Waals surface area contributed by atoms with Crippen LogP contribution >= 0.6 is 12.2 Å². The van der Waals surface area contributed by atoms with Crippen molar-refractivity contribution >= 4 is 28.2 Å². The van der Waals surface area contributed by atoms with Crippen LogP contribution in [-0.2, 0) is 13.1 Å². The number of aryl methyl sites for hydroxylation is 2. The van der Waals surface area contributed by atoms with Gasteiger partial charge in [-0.25, -0.2) is 0 Å². The monoisotopic (exact) mass is 423 g/mol. The van der Waals surface area contributed by atoms with Crippen LogP contribution in [0.1, 0.15) is 22.4 Å². The van der Waals surface area contributed by atoms with Gasteiger partial charge in [0.15, 0.2) is 5.11 Å². The van der Waals surface area contributed by atoms with E-state index in [4.69, 9.17) is 12.2 Å². The second kappa shape index (κ2) is 9.82. The number of nitrogens with zero attached hydrogens (tertiary/aromatic N) is 3. The zero-order chi connectivity index (χ0) is 21.7. The maximum Gasteiger partial charge on any atom is 0.253 e. The molecule has 0 saturated carbocycles. The molecule has 30 heavy (non-hydrogen) atoms. The summed E-state index contributed by atoms with van der Waals surface area (Å²) in [6.07, 6.45) is 1.77. The number of likely N-dealkylation sites (N-methyl/N-ethyl adjacent to an activating group) is 1. The molecule has 7 heteroatoms. The maximum atomic E-state index is 12.8. The number of pyridine rings is 2. The smallest absolute Gasteiger partial charge is 0.253 e. The number of nitrogens with one attached hydrogen (secondary N) is 2. The van der Waals surface area contributed by atoms with E-state index in [2.05, 4.69) is 33.2 Å². The van der Waals surface area contributed by atoms with Crippen LogP contribution in [0.5, 0.6) is 0 Å². The van der Waals surface area contributed by atoms with E-state index >= 15 is 0 Å². The molecule has 2 heterocycles. The molecular weight excluding hydrogens is 394 g/mol. The third-order valence-electron chi connectivity index (χ3n) is 5.10. The molecule has 0 bridgehead atoms. The van der Waals surface area contributed by atoms with Gasteiger partial charge in [0.1, 0.15) is 0 Å². The van der Waals surface area contributed by atoms with Gasteiger partial charge in [-0.1, -0.05) is 6.07 Å². The van der Waals surface area contributed by atoms with E-state index in [0.29, 0.717) is 23.8 Å². The van der Waals surface area contributed by atoms with Crippen molar-refractivity contribution < 1.29 is 0 Å². The van der Waals surface area contributed by atoms with Crippen LogP contribution in [0.2, 0.25) is 0 Å². The van der Waals surface area contributed by atoms with Crippen molar-refractivity contribution in [3.63, 3.8) is 0 Å². The minimum Gasteiger partial charge on any atom is -0.361 e.